The fourth-order valence-corrected chi connectivity index (χ4v) is 3.14. The Bertz CT molecular complexity index is 289. The van der Waals surface area contributed by atoms with E-state index >= 15 is 0 Å². The molecule has 2 heterocycles. The maximum atomic E-state index is 12.2. The summed E-state index contributed by atoms with van der Waals surface area (Å²) in [5.74, 6) is 1.82. The summed E-state index contributed by atoms with van der Waals surface area (Å²) in [5.41, 5.74) is 0. The second-order valence-electron chi connectivity index (χ2n) is 6.47. The maximum absolute atomic E-state index is 12.2. The normalized spacial score (nSPS) is 22.8. The fraction of sp³-hybridized carbons (Fsp3) is 0.933. The average Bonchev–Trinajstić information content (AvgIpc) is 2.89. The summed E-state index contributed by atoms with van der Waals surface area (Å²) < 4.78 is 0. The van der Waals surface area contributed by atoms with E-state index in [1.165, 1.54) is 6.42 Å². The first-order valence-electron chi connectivity index (χ1n) is 7.86. The molecule has 1 N–H and O–H groups in total. The molecule has 0 aliphatic carbocycles. The molecule has 4 nitrogen and oxygen atoms in total. The van der Waals surface area contributed by atoms with Crippen LogP contribution >= 0.6 is 24.8 Å². The monoisotopic (exact) mass is 339 g/mol. The third-order valence-electron chi connectivity index (χ3n) is 4.28. The largest absolute Gasteiger partial charge is 0.340 e. The van der Waals surface area contributed by atoms with Crippen LogP contribution < -0.4 is 5.32 Å². The van der Waals surface area contributed by atoms with Gasteiger partial charge in [0.05, 0.1) is 0 Å². The Morgan fingerprint density at radius 2 is 1.86 bits per heavy atom. The van der Waals surface area contributed by atoms with Crippen molar-refractivity contribution >= 4 is 30.7 Å². The predicted molar refractivity (Wildman–Crippen MR) is 92.6 cm³/mol. The average molecular weight is 340 g/mol. The topological polar surface area (TPSA) is 35.6 Å². The number of nitrogens with one attached hydrogen (secondary N) is 1. The van der Waals surface area contributed by atoms with Crippen molar-refractivity contribution in [3.8, 4) is 0 Å². The van der Waals surface area contributed by atoms with Crippen molar-refractivity contribution in [2.45, 2.75) is 33.1 Å². The SMILES string of the molecule is CC(C)CN1CCN(C(=O)CCC2CCNC2)CC1.Cl.Cl. The van der Waals surface area contributed by atoms with E-state index in [1.54, 1.807) is 0 Å². The molecule has 2 rings (SSSR count). The Kier molecular flexibility index (Phi) is 10.6. The highest BCUT2D eigenvalue weighted by atomic mass is 35.5. The molecule has 1 unspecified atom stereocenters. The number of amides is 1. The van der Waals surface area contributed by atoms with Crippen LogP contribution in [-0.4, -0.2) is 61.5 Å². The van der Waals surface area contributed by atoms with Gasteiger partial charge in [0.2, 0.25) is 5.91 Å². The lowest BCUT2D eigenvalue weighted by molar-refractivity contribution is -0.133. The van der Waals surface area contributed by atoms with Crippen LogP contribution in [0.4, 0.5) is 0 Å². The summed E-state index contributed by atoms with van der Waals surface area (Å²) in [4.78, 5) is 16.7. The third-order valence-corrected chi connectivity index (χ3v) is 4.28. The molecular formula is C15H31Cl2N3O. The molecule has 0 aromatic carbocycles. The molecule has 6 heteroatoms. The van der Waals surface area contributed by atoms with Crippen LogP contribution in [0.5, 0.6) is 0 Å². The standard InChI is InChI=1S/C15H29N3O.2ClH/c1-13(2)12-17-7-9-18(10-8-17)15(19)4-3-14-5-6-16-11-14;;/h13-14,16H,3-12H2,1-2H3;2*1H. The highest BCUT2D eigenvalue weighted by Crippen LogP contribution is 2.16. The van der Waals surface area contributed by atoms with E-state index in [0.717, 1.165) is 70.5 Å². The van der Waals surface area contributed by atoms with Gasteiger partial charge in [0.15, 0.2) is 0 Å². The third kappa shape index (κ3) is 7.18. The zero-order valence-electron chi connectivity index (χ0n) is 13.3. The fourth-order valence-electron chi connectivity index (χ4n) is 3.14. The Balaban J connectivity index is 0.00000200. The van der Waals surface area contributed by atoms with E-state index in [0.29, 0.717) is 5.91 Å². The first-order valence-corrected chi connectivity index (χ1v) is 7.86. The summed E-state index contributed by atoms with van der Waals surface area (Å²) in [5, 5.41) is 3.37. The van der Waals surface area contributed by atoms with Crippen molar-refractivity contribution in [2.24, 2.45) is 11.8 Å². The van der Waals surface area contributed by atoms with E-state index in [1.807, 2.05) is 0 Å². The molecule has 0 radical (unpaired) electrons. The summed E-state index contributed by atoms with van der Waals surface area (Å²) in [6.45, 7) is 11.9. The van der Waals surface area contributed by atoms with Gasteiger partial charge in [0, 0.05) is 39.1 Å². The minimum atomic E-state index is 0. The maximum Gasteiger partial charge on any atom is 0.222 e. The van der Waals surface area contributed by atoms with Gasteiger partial charge in [0.1, 0.15) is 0 Å². The van der Waals surface area contributed by atoms with Gasteiger partial charge in [-0.15, -0.1) is 24.8 Å². The van der Waals surface area contributed by atoms with Crippen molar-refractivity contribution in [2.75, 3.05) is 45.8 Å². The zero-order valence-corrected chi connectivity index (χ0v) is 15.0. The molecular weight excluding hydrogens is 309 g/mol. The van der Waals surface area contributed by atoms with Crippen LogP contribution in [0, 0.1) is 11.8 Å². The molecule has 0 aromatic rings. The van der Waals surface area contributed by atoms with Crippen LogP contribution in [-0.2, 0) is 4.79 Å². The molecule has 126 valence electrons. The van der Waals surface area contributed by atoms with Gasteiger partial charge < -0.3 is 10.2 Å². The van der Waals surface area contributed by atoms with Gasteiger partial charge in [-0.2, -0.15) is 0 Å². The quantitative estimate of drug-likeness (QED) is 0.832. The number of carbonyl (C=O) groups is 1. The lowest BCUT2D eigenvalue weighted by Crippen LogP contribution is -2.49. The van der Waals surface area contributed by atoms with Gasteiger partial charge in [-0.3, -0.25) is 9.69 Å². The van der Waals surface area contributed by atoms with Gasteiger partial charge in [-0.1, -0.05) is 13.8 Å². The van der Waals surface area contributed by atoms with Crippen molar-refractivity contribution in [3.63, 3.8) is 0 Å². The second kappa shape index (κ2) is 10.7. The predicted octanol–water partition coefficient (Wildman–Crippen LogP) is 2.02. The highest BCUT2D eigenvalue weighted by molar-refractivity contribution is 5.85. The Morgan fingerprint density at radius 3 is 2.38 bits per heavy atom. The molecule has 2 aliphatic rings. The van der Waals surface area contributed by atoms with E-state index in [4.69, 9.17) is 0 Å². The van der Waals surface area contributed by atoms with Crippen molar-refractivity contribution in [1.82, 2.24) is 15.1 Å². The molecule has 0 bridgehead atoms. The summed E-state index contributed by atoms with van der Waals surface area (Å²) in [6, 6.07) is 0. The molecule has 0 spiro atoms. The zero-order chi connectivity index (χ0) is 13.7. The minimum absolute atomic E-state index is 0. The van der Waals surface area contributed by atoms with Gasteiger partial charge in [-0.05, 0) is 37.8 Å². The number of hydrogen-bond donors (Lipinski definition) is 1. The van der Waals surface area contributed by atoms with Crippen LogP contribution in [0.2, 0.25) is 0 Å². The lowest BCUT2D eigenvalue weighted by Gasteiger charge is -2.35. The van der Waals surface area contributed by atoms with Crippen LogP contribution in [0.15, 0.2) is 0 Å². The molecule has 0 saturated carbocycles. The minimum Gasteiger partial charge on any atom is -0.340 e. The molecule has 0 aromatic heterocycles. The molecule has 1 amide bonds. The number of carbonyl (C=O) groups excluding carboxylic acids is 1. The van der Waals surface area contributed by atoms with Crippen molar-refractivity contribution < 1.29 is 4.79 Å². The van der Waals surface area contributed by atoms with Crippen molar-refractivity contribution in [1.29, 1.82) is 0 Å². The number of piperazine rings is 1. The van der Waals surface area contributed by atoms with Crippen LogP contribution in [0.3, 0.4) is 0 Å². The number of halogens is 2. The van der Waals surface area contributed by atoms with E-state index < -0.39 is 0 Å². The first-order chi connectivity index (χ1) is 9.15. The van der Waals surface area contributed by atoms with E-state index in [9.17, 15) is 4.79 Å². The lowest BCUT2D eigenvalue weighted by atomic mass is 10.0. The van der Waals surface area contributed by atoms with Gasteiger partial charge in [0.25, 0.3) is 0 Å². The molecule has 2 fully saturated rings. The number of nitrogens with zero attached hydrogens (tertiary/aromatic N) is 2. The van der Waals surface area contributed by atoms with Crippen LogP contribution in [0.1, 0.15) is 33.1 Å². The molecule has 2 saturated heterocycles. The van der Waals surface area contributed by atoms with Crippen LogP contribution in [0.25, 0.3) is 0 Å². The molecule has 21 heavy (non-hydrogen) atoms. The summed E-state index contributed by atoms with van der Waals surface area (Å²) >= 11 is 0. The Morgan fingerprint density at radius 1 is 1.19 bits per heavy atom. The van der Waals surface area contributed by atoms with E-state index in [2.05, 4.69) is 29.0 Å². The molecule has 2 aliphatic heterocycles. The number of hydrogen-bond acceptors (Lipinski definition) is 3. The van der Waals surface area contributed by atoms with Gasteiger partial charge in [-0.25, -0.2) is 0 Å². The first kappa shape index (κ1) is 21.0. The van der Waals surface area contributed by atoms with E-state index in [-0.39, 0.29) is 24.8 Å². The smallest absolute Gasteiger partial charge is 0.222 e. The Labute approximate surface area is 141 Å². The molecule has 1 atom stereocenters. The van der Waals surface area contributed by atoms with Gasteiger partial charge >= 0.3 is 0 Å². The summed E-state index contributed by atoms with van der Waals surface area (Å²) in [7, 11) is 0. The number of rotatable bonds is 5. The van der Waals surface area contributed by atoms with Crippen molar-refractivity contribution in [3.05, 3.63) is 0 Å². The highest BCUT2D eigenvalue weighted by Gasteiger charge is 2.22. The second-order valence-corrected chi connectivity index (χ2v) is 6.47. The summed E-state index contributed by atoms with van der Waals surface area (Å²) in [6.07, 6.45) is 3.06. The Hall–Kier alpha value is -0.0300.